The van der Waals surface area contributed by atoms with Gasteiger partial charge in [-0.15, -0.1) is 0 Å². The fraction of sp³-hybridized carbons (Fsp3) is 0.500. The largest absolute Gasteiger partial charge is 0.417 e. The summed E-state index contributed by atoms with van der Waals surface area (Å²) in [5.74, 6) is -0.650. The van der Waals surface area contributed by atoms with Gasteiger partial charge in [0.2, 0.25) is 5.91 Å². The van der Waals surface area contributed by atoms with Gasteiger partial charge in [-0.1, -0.05) is 0 Å². The van der Waals surface area contributed by atoms with E-state index in [0.29, 0.717) is 43.9 Å². The van der Waals surface area contributed by atoms with Crippen LogP contribution in [0.3, 0.4) is 0 Å². The van der Waals surface area contributed by atoms with Crippen LogP contribution in [0.5, 0.6) is 0 Å². The molecule has 2 aliphatic rings. The number of alkyl halides is 3. The third-order valence-electron chi connectivity index (χ3n) is 7.27. The van der Waals surface area contributed by atoms with Crippen LogP contribution in [0.25, 0.3) is 0 Å². The van der Waals surface area contributed by atoms with Crippen molar-refractivity contribution >= 4 is 17.5 Å². The smallest absolute Gasteiger partial charge is 0.371 e. The molecule has 2 amide bonds. The second-order valence-electron chi connectivity index (χ2n) is 9.50. The van der Waals surface area contributed by atoms with Crippen molar-refractivity contribution in [3.05, 3.63) is 47.3 Å². The maximum Gasteiger partial charge on any atom is 0.417 e. The monoisotopic (exact) mass is 488 g/mol. The number of anilines is 1. The first-order chi connectivity index (χ1) is 16.5. The summed E-state index contributed by atoms with van der Waals surface area (Å²) in [6.07, 6.45) is -1.98. The first kappa shape index (κ1) is 24.6. The first-order valence-electron chi connectivity index (χ1n) is 11.3. The van der Waals surface area contributed by atoms with E-state index in [4.69, 9.17) is 5.26 Å². The number of carbonyl (C=O) groups excluding carboxylic acids is 2. The molecule has 0 radical (unpaired) electrons. The number of piperidine rings is 1. The van der Waals surface area contributed by atoms with E-state index >= 15 is 0 Å². The van der Waals surface area contributed by atoms with Gasteiger partial charge < -0.3 is 14.7 Å². The number of likely N-dealkylation sites (tertiary alicyclic amines) is 1. The van der Waals surface area contributed by atoms with Crippen molar-refractivity contribution in [1.82, 2.24) is 19.6 Å². The van der Waals surface area contributed by atoms with Crippen LogP contribution in [0.1, 0.15) is 34.5 Å². The minimum Gasteiger partial charge on any atom is -0.371 e. The lowest BCUT2D eigenvalue weighted by Crippen LogP contribution is -2.48. The van der Waals surface area contributed by atoms with Crippen LogP contribution < -0.4 is 4.90 Å². The summed E-state index contributed by atoms with van der Waals surface area (Å²) in [6, 6.07) is 7.00. The zero-order chi connectivity index (χ0) is 25.5. The summed E-state index contributed by atoms with van der Waals surface area (Å²) in [7, 11) is 5.06. The van der Waals surface area contributed by atoms with Crippen LogP contribution in [0, 0.1) is 22.7 Å². The van der Waals surface area contributed by atoms with Gasteiger partial charge in [-0.3, -0.25) is 14.3 Å². The third-order valence-corrected chi connectivity index (χ3v) is 7.27. The van der Waals surface area contributed by atoms with Crippen LogP contribution in [0.4, 0.5) is 18.9 Å². The van der Waals surface area contributed by atoms with Gasteiger partial charge in [-0.2, -0.15) is 23.5 Å². The van der Waals surface area contributed by atoms with Gasteiger partial charge in [0.15, 0.2) is 0 Å². The molecule has 0 saturated carbocycles. The maximum atomic E-state index is 13.4. The van der Waals surface area contributed by atoms with Gasteiger partial charge in [-0.05, 0) is 37.1 Å². The molecule has 1 aromatic carbocycles. The number of rotatable bonds is 3. The predicted molar refractivity (Wildman–Crippen MR) is 121 cm³/mol. The van der Waals surface area contributed by atoms with Crippen LogP contribution >= 0.6 is 0 Å². The lowest BCUT2D eigenvalue weighted by Gasteiger charge is -2.43. The molecule has 2 aliphatic heterocycles. The lowest BCUT2D eigenvalue weighted by atomic mass is 9.70. The van der Waals surface area contributed by atoms with Gasteiger partial charge in [0.1, 0.15) is 5.69 Å². The number of nitriles is 1. The van der Waals surface area contributed by atoms with Gasteiger partial charge in [0.25, 0.3) is 5.91 Å². The number of hydrogen-bond acceptors (Lipinski definition) is 5. The zero-order valence-electron chi connectivity index (χ0n) is 19.8. The zero-order valence-corrected chi connectivity index (χ0v) is 19.8. The number of carbonyl (C=O) groups is 2. The van der Waals surface area contributed by atoms with Crippen LogP contribution in [0.2, 0.25) is 0 Å². The molecule has 11 heteroatoms. The fourth-order valence-electron chi connectivity index (χ4n) is 5.30. The van der Waals surface area contributed by atoms with Crippen LogP contribution in [-0.2, 0) is 18.0 Å². The first-order valence-corrected chi connectivity index (χ1v) is 11.3. The molecule has 0 aliphatic carbocycles. The van der Waals surface area contributed by atoms with E-state index in [-0.39, 0.29) is 18.4 Å². The Balaban J connectivity index is 1.58. The lowest BCUT2D eigenvalue weighted by molar-refractivity contribution is -0.138. The molecular weight excluding hydrogens is 461 g/mol. The Morgan fingerprint density at radius 1 is 1.20 bits per heavy atom. The Bertz CT molecular complexity index is 1170. The van der Waals surface area contributed by atoms with E-state index in [2.05, 4.69) is 5.10 Å². The third kappa shape index (κ3) is 4.45. The Kier molecular flexibility index (Phi) is 6.25. The minimum atomic E-state index is -4.63. The molecule has 1 unspecified atom stereocenters. The molecule has 3 heterocycles. The number of halogens is 3. The minimum absolute atomic E-state index is 0.0588. The number of hydrogen-bond donors (Lipinski definition) is 0. The van der Waals surface area contributed by atoms with Crippen molar-refractivity contribution in [1.29, 1.82) is 5.26 Å². The second-order valence-corrected chi connectivity index (χ2v) is 9.50. The van der Waals surface area contributed by atoms with E-state index in [0.717, 1.165) is 6.07 Å². The Hall–Kier alpha value is -3.55. The molecule has 1 atom stereocenters. The fourth-order valence-corrected chi connectivity index (χ4v) is 5.30. The van der Waals surface area contributed by atoms with Crippen molar-refractivity contribution in [3.8, 4) is 6.07 Å². The highest BCUT2D eigenvalue weighted by Crippen LogP contribution is 2.47. The van der Waals surface area contributed by atoms with E-state index in [1.807, 2.05) is 4.90 Å². The Morgan fingerprint density at radius 2 is 1.89 bits per heavy atom. The van der Waals surface area contributed by atoms with Crippen LogP contribution in [-0.4, -0.2) is 71.7 Å². The maximum absolute atomic E-state index is 13.4. The summed E-state index contributed by atoms with van der Waals surface area (Å²) in [4.78, 5) is 31.4. The van der Waals surface area contributed by atoms with Gasteiger partial charge in [-0.25, -0.2) is 0 Å². The highest BCUT2D eigenvalue weighted by atomic mass is 19.4. The molecule has 4 rings (SSSR count). The quantitative estimate of drug-likeness (QED) is 0.663. The number of aryl methyl sites for hydroxylation is 1. The Labute approximate surface area is 201 Å². The highest BCUT2D eigenvalue weighted by molar-refractivity contribution is 5.93. The van der Waals surface area contributed by atoms with E-state index in [1.165, 1.54) is 21.7 Å². The van der Waals surface area contributed by atoms with Crippen molar-refractivity contribution in [2.75, 3.05) is 45.2 Å². The number of amides is 2. The van der Waals surface area contributed by atoms with Gasteiger partial charge >= 0.3 is 6.18 Å². The number of aromatic nitrogens is 2. The highest BCUT2D eigenvalue weighted by Gasteiger charge is 2.53. The summed E-state index contributed by atoms with van der Waals surface area (Å²) in [6.45, 7) is 1.56. The molecule has 186 valence electrons. The molecule has 0 N–H and O–H groups in total. The topological polar surface area (TPSA) is 85.5 Å². The number of benzene rings is 1. The SMILES string of the molecule is CN(C)C(=O)C1CN(C(=O)c2ccnn2C)CC12CCN(c1ccc(C#N)c(C(F)(F)F)c1)CC2. The molecule has 8 nitrogen and oxygen atoms in total. The molecule has 0 bridgehead atoms. The average molecular weight is 489 g/mol. The van der Waals surface area contributed by atoms with Crippen molar-refractivity contribution in [2.24, 2.45) is 18.4 Å². The van der Waals surface area contributed by atoms with E-state index in [9.17, 15) is 22.8 Å². The molecule has 1 spiro atoms. The van der Waals surface area contributed by atoms with Crippen molar-refractivity contribution < 1.29 is 22.8 Å². The van der Waals surface area contributed by atoms with Gasteiger partial charge in [0, 0.05) is 64.6 Å². The predicted octanol–water partition coefficient (Wildman–Crippen LogP) is 2.76. The molecular formula is C24H27F3N6O2. The van der Waals surface area contributed by atoms with Crippen molar-refractivity contribution in [2.45, 2.75) is 19.0 Å². The molecule has 2 fully saturated rings. The summed E-state index contributed by atoms with van der Waals surface area (Å²) in [5, 5.41) is 13.1. The van der Waals surface area contributed by atoms with Gasteiger partial charge in [0.05, 0.1) is 23.1 Å². The Morgan fingerprint density at radius 3 is 2.43 bits per heavy atom. The van der Waals surface area contributed by atoms with Crippen LogP contribution in [0.15, 0.2) is 30.5 Å². The normalized spacial score (nSPS) is 19.6. The second kappa shape index (κ2) is 8.91. The molecule has 1 aromatic heterocycles. The van der Waals surface area contributed by atoms with E-state index < -0.39 is 28.6 Å². The standard InChI is InChI=1S/C24H27F3N6O2/c1-30(2)21(34)19-14-33(22(35)20-6-9-29-31(20)3)15-23(19)7-10-32(11-8-23)17-5-4-16(13-28)18(12-17)24(25,26)27/h4-6,9,12,19H,7-8,10-11,14-15H2,1-3H3. The molecule has 2 saturated heterocycles. The molecule has 2 aromatic rings. The summed E-state index contributed by atoms with van der Waals surface area (Å²) < 4.78 is 41.8. The summed E-state index contributed by atoms with van der Waals surface area (Å²) in [5.41, 5.74) is -1.00. The summed E-state index contributed by atoms with van der Waals surface area (Å²) >= 11 is 0. The average Bonchev–Trinajstić information content (AvgIpc) is 3.41. The van der Waals surface area contributed by atoms with Crippen molar-refractivity contribution in [3.63, 3.8) is 0 Å². The molecule has 35 heavy (non-hydrogen) atoms. The van der Waals surface area contributed by atoms with E-state index in [1.54, 1.807) is 44.4 Å². The number of nitrogens with zero attached hydrogens (tertiary/aromatic N) is 6.